The van der Waals surface area contributed by atoms with Crippen molar-refractivity contribution in [2.45, 2.75) is 26.3 Å². The summed E-state index contributed by atoms with van der Waals surface area (Å²) in [5.41, 5.74) is 0.885. The van der Waals surface area contributed by atoms with Gasteiger partial charge in [-0.3, -0.25) is 0 Å². The van der Waals surface area contributed by atoms with E-state index in [1.807, 2.05) is 32.0 Å². The summed E-state index contributed by atoms with van der Waals surface area (Å²) in [4.78, 5) is 0. The highest BCUT2D eigenvalue weighted by atomic mass is 32.2. The fraction of sp³-hybridized carbons (Fsp3) is 0.333. The average molecular weight is 269 g/mol. The van der Waals surface area contributed by atoms with Crippen molar-refractivity contribution in [1.29, 1.82) is 0 Å². The monoisotopic (exact) mass is 269 g/mol. The van der Waals surface area contributed by atoms with Crippen LogP contribution in [0, 0.1) is 0 Å². The van der Waals surface area contributed by atoms with Gasteiger partial charge >= 0.3 is 0 Å². The Morgan fingerprint density at radius 3 is 2.12 bits per heavy atom. The Hall–Kier alpha value is -0.450. The van der Waals surface area contributed by atoms with E-state index in [9.17, 15) is 0 Å². The number of thiocarbonyl (C=S) groups is 2. The van der Waals surface area contributed by atoms with Crippen LogP contribution in [0.1, 0.15) is 26.3 Å². The lowest BCUT2D eigenvalue weighted by molar-refractivity contribution is 0.625. The first kappa shape index (κ1) is 13.6. The number of thioether (sulfide) groups is 1. The molecule has 0 aromatic heterocycles. The van der Waals surface area contributed by atoms with Crippen molar-refractivity contribution in [3.8, 4) is 0 Å². The highest BCUT2D eigenvalue weighted by Crippen LogP contribution is 2.34. The molecule has 1 aromatic carbocycles. The smallest absolute Gasteiger partial charge is 0.140 e. The minimum atomic E-state index is -0.279. The van der Waals surface area contributed by atoms with Gasteiger partial charge in [0.2, 0.25) is 0 Å². The van der Waals surface area contributed by atoms with Crippen LogP contribution < -0.4 is 5.32 Å². The normalized spacial score (nSPS) is 23.4. The molecule has 4 heteroatoms. The third-order valence-corrected chi connectivity index (χ3v) is 4.19. The first-order valence-electron chi connectivity index (χ1n) is 5.23. The van der Waals surface area contributed by atoms with Crippen LogP contribution in [0.3, 0.4) is 0 Å². The van der Waals surface area contributed by atoms with Crippen LogP contribution in [0.2, 0.25) is 0 Å². The minimum Gasteiger partial charge on any atom is -0.356 e. The molecule has 0 radical (unpaired) electrons. The van der Waals surface area contributed by atoms with Crippen LogP contribution in [0.25, 0.3) is 0 Å². The van der Waals surface area contributed by atoms with Crippen molar-refractivity contribution in [3.63, 3.8) is 0 Å². The topological polar surface area (TPSA) is 12.0 Å². The molecule has 0 spiro atoms. The maximum absolute atomic E-state index is 5.33. The highest BCUT2D eigenvalue weighted by molar-refractivity contribution is 8.38. The maximum Gasteiger partial charge on any atom is 0.140 e. The molecule has 0 aliphatic carbocycles. The Kier molecular flexibility index (Phi) is 4.89. The van der Waals surface area contributed by atoms with Crippen LogP contribution in [0.4, 0.5) is 0 Å². The fourth-order valence-corrected chi connectivity index (χ4v) is 3.26. The molecule has 1 nitrogen and oxygen atoms in total. The highest BCUT2D eigenvalue weighted by Gasteiger charge is 2.38. The summed E-state index contributed by atoms with van der Waals surface area (Å²) in [5.74, 6) is 0. The summed E-state index contributed by atoms with van der Waals surface area (Å²) < 4.78 is 1.66. The van der Waals surface area contributed by atoms with Crippen molar-refractivity contribution in [1.82, 2.24) is 5.32 Å². The standard InChI is InChI=1S/C10H9NS3.C2H6/c1-10(7-5-3-2-4-6-7)8(12)14-9(13)11-10;1-2/h2-6H,1H3,(H,11,13);1-2H3. The van der Waals surface area contributed by atoms with Crippen LogP contribution in [0.5, 0.6) is 0 Å². The summed E-state index contributed by atoms with van der Waals surface area (Å²) in [5, 5.41) is 3.25. The zero-order valence-electron chi connectivity index (χ0n) is 9.61. The summed E-state index contributed by atoms with van der Waals surface area (Å²) in [7, 11) is 0. The second-order valence-corrected chi connectivity index (χ2v) is 5.65. The third kappa shape index (κ3) is 2.62. The molecule has 1 atom stereocenters. The molecule has 2 rings (SSSR count). The number of hydrogen-bond donors (Lipinski definition) is 1. The molecule has 1 N–H and O–H groups in total. The van der Waals surface area contributed by atoms with E-state index in [0.717, 1.165) is 14.1 Å². The largest absolute Gasteiger partial charge is 0.356 e. The van der Waals surface area contributed by atoms with Gasteiger partial charge in [0.05, 0.1) is 4.20 Å². The van der Waals surface area contributed by atoms with Crippen molar-refractivity contribution < 1.29 is 0 Å². The van der Waals surface area contributed by atoms with Crippen molar-refractivity contribution in [3.05, 3.63) is 35.9 Å². The molecule has 1 heterocycles. The molecular formula is C12H15NS3. The number of nitrogens with one attached hydrogen (secondary N) is 1. The van der Waals surface area contributed by atoms with Gasteiger partial charge in [-0.25, -0.2) is 0 Å². The molecule has 0 bridgehead atoms. The molecule has 1 aromatic rings. The average Bonchev–Trinajstić information content (AvgIpc) is 2.58. The molecule has 16 heavy (non-hydrogen) atoms. The van der Waals surface area contributed by atoms with E-state index in [-0.39, 0.29) is 5.54 Å². The molecule has 1 unspecified atom stereocenters. The van der Waals surface area contributed by atoms with Gasteiger partial charge in [0.15, 0.2) is 0 Å². The number of rotatable bonds is 1. The fourth-order valence-electron chi connectivity index (χ4n) is 1.43. The Bertz CT molecular complexity index is 389. The lowest BCUT2D eigenvalue weighted by Crippen LogP contribution is -2.39. The first-order chi connectivity index (χ1) is 7.63. The van der Waals surface area contributed by atoms with Crippen LogP contribution in [-0.4, -0.2) is 8.52 Å². The molecular weight excluding hydrogens is 254 g/mol. The Labute approximate surface area is 112 Å². The van der Waals surface area contributed by atoms with Crippen molar-refractivity contribution >= 4 is 44.7 Å². The number of hydrogen-bond acceptors (Lipinski definition) is 3. The van der Waals surface area contributed by atoms with E-state index < -0.39 is 0 Å². The zero-order chi connectivity index (χ0) is 12.2. The minimum absolute atomic E-state index is 0.279. The SMILES string of the molecule is CC.CC1(c2ccccc2)NC(=S)SC1=S. The molecule has 0 saturated carbocycles. The zero-order valence-corrected chi connectivity index (χ0v) is 12.1. The lowest BCUT2D eigenvalue weighted by atomic mass is 9.94. The molecule has 1 aliphatic heterocycles. The summed E-state index contributed by atoms with van der Waals surface area (Å²) in [6.45, 7) is 6.07. The van der Waals surface area contributed by atoms with Gasteiger partial charge in [0, 0.05) is 0 Å². The van der Waals surface area contributed by atoms with Gasteiger partial charge in [-0.1, -0.05) is 80.4 Å². The van der Waals surface area contributed by atoms with Gasteiger partial charge < -0.3 is 5.32 Å². The Morgan fingerprint density at radius 1 is 1.12 bits per heavy atom. The first-order valence-corrected chi connectivity index (χ1v) is 6.86. The molecule has 1 saturated heterocycles. The molecule has 1 fully saturated rings. The second kappa shape index (κ2) is 5.75. The van der Waals surface area contributed by atoms with E-state index in [4.69, 9.17) is 24.4 Å². The van der Waals surface area contributed by atoms with Crippen molar-refractivity contribution in [2.24, 2.45) is 0 Å². The molecule has 1 aliphatic rings. The van der Waals surface area contributed by atoms with E-state index in [2.05, 4.69) is 24.4 Å². The van der Waals surface area contributed by atoms with Gasteiger partial charge in [-0.05, 0) is 12.5 Å². The van der Waals surface area contributed by atoms with E-state index in [1.54, 1.807) is 0 Å². The predicted molar refractivity (Wildman–Crippen MR) is 81.1 cm³/mol. The van der Waals surface area contributed by atoms with E-state index in [0.29, 0.717) is 0 Å². The van der Waals surface area contributed by atoms with Gasteiger partial charge in [0.25, 0.3) is 0 Å². The predicted octanol–water partition coefficient (Wildman–Crippen LogP) is 3.88. The Balaban J connectivity index is 0.000000606. The summed E-state index contributed by atoms with van der Waals surface area (Å²) in [6, 6.07) is 10.1. The van der Waals surface area contributed by atoms with E-state index >= 15 is 0 Å². The van der Waals surface area contributed by atoms with Gasteiger partial charge in [-0.2, -0.15) is 0 Å². The molecule has 0 amide bonds. The van der Waals surface area contributed by atoms with Crippen LogP contribution >= 0.6 is 36.2 Å². The van der Waals surface area contributed by atoms with Gasteiger partial charge in [-0.15, -0.1) is 0 Å². The van der Waals surface area contributed by atoms with Crippen LogP contribution in [-0.2, 0) is 5.54 Å². The second-order valence-electron chi connectivity index (χ2n) is 3.29. The maximum atomic E-state index is 5.33. The quantitative estimate of drug-likeness (QED) is 0.776. The van der Waals surface area contributed by atoms with Gasteiger partial charge in [0.1, 0.15) is 9.86 Å². The lowest BCUT2D eigenvalue weighted by Gasteiger charge is -2.24. The summed E-state index contributed by atoms with van der Waals surface area (Å²) in [6.07, 6.45) is 0. The van der Waals surface area contributed by atoms with E-state index in [1.165, 1.54) is 11.8 Å². The van der Waals surface area contributed by atoms with Crippen molar-refractivity contribution in [2.75, 3.05) is 0 Å². The van der Waals surface area contributed by atoms with Crippen LogP contribution in [0.15, 0.2) is 30.3 Å². The molecule has 86 valence electrons. The third-order valence-electron chi connectivity index (χ3n) is 2.30. The Morgan fingerprint density at radius 2 is 1.69 bits per heavy atom. The number of benzene rings is 1. The summed E-state index contributed by atoms with van der Waals surface area (Å²) >= 11 is 11.9.